The molecule has 1 heterocycles. The monoisotopic (exact) mass is 397 g/mol. The summed E-state index contributed by atoms with van der Waals surface area (Å²) in [6, 6.07) is 10.1. The van der Waals surface area contributed by atoms with Gasteiger partial charge in [0.05, 0.1) is 17.0 Å². The van der Waals surface area contributed by atoms with Gasteiger partial charge in [-0.15, -0.1) is 0 Å². The van der Waals surface area contributed by atoms with Gasteiger partial charge in [-0.3, -0.25) is 4.99 Å². The van der Waals surface area contributed by atoms with Crippen LogP contribution in [0.4, 0.5) is 5.82 Å². The van der Waals surface area contributed by atoms with Gasteiger partial charge < -0.3 is 21.1 Å². The van der Waals surface area contributed by atoms with Crippen LogP contribution in [0.5, 0.6) is 0 Å². The zero-order chi connectivity index (χ0) is 21.4. The number of hydrogen-bond donors (Lipinski definition) is 3. The van der Waals surface area contributed by atoms with E-state index in [1.807, 2.05) is 45.0 Å². The normalized spacial score (nSPS) is 11.9. The molecule has 0 saturated heterocycles. The molecule has 0 radical (unpaired) electrons. The second-order valence-electron chi connectivity index (χ2n) is 7.49. The molecule has 1 aromatic heterocycles. The summed E-state index contributed by atoms with van der Waals surface area (Å²) >= 11 is 0. The number of nitrogens with two attached hydrogens (primary N) is 1. The van der Waals surface area contributed by atoms with E-state index in [4.69, 9.17) is 10.5 Å². The minimum atomic E-state index is -0.278. The van der Waals surface area contributed by atoms with Crippen molar-refractivity contribution < 1.29 is 4.74 Å². The molecular formula is C21H31N7O. The van der Waals surface area contributed by atoms with Crippen molar-refractivity contribution in [3.05, 3.63) is 41.1 Å². The van der Waals surface area contributed by atoms with E-state index in [9.17, 15) is 5.26 Å². The first-order valence-electron chi connectivity index (χ1n) is 9.65. The maximum atomic E-state index is 9.52. The summed E-state index contributed by atoms with van der Waals surface area (Å²) in [5, 5.41) is 20.6. The molecule has 0 bridgehead atoms. The number of nitriles is 1. The highest BCUT2D eigenvalue weighted by atomic mass is 16.5. The van der Waals surface area contributed by atoms with Gasteiger partial charge in [0.1, 0.15) is 17.5 Å². The number of aliphatic imine (C=N–C) groups is 1. The van der Waals surface area contributed by atoms with Crippen molar-refractivity contribution in [3.63, 3.8) is 0 Å². The molecule has 29 heavy (non-hydrogen) atoms. The first kappa shape index (κ1) is 22.2. The summed E-state index contributed by atoms with van der Waals surface area (Å²) < 4.78 is 7.03. The Kier molecular flexibility index (Phi) is 7.62. The zero-order valence-corrected chi connectivity index (χ0v) is 17.9. The molecule has 8 heteroatoms. The fourth-order valence-electron chi connectivity index (χ4n) is 2.71. The Morgan fingerprint density at radius 2 is 2.00 bits per heavy atom. The molecule has 0 fully saturated rings. The molecule has 0 saturated carbocycles. The van der Waals surface area contributed by atoms with Crippen molar-refractivity contribution in [3.8, 4) is 11.8 Å². The number of anilines is 1. The van der Waals surface area contributed by atoms with Crippen LogP contribution >= 0.6 is 0 Å². The second-order valence-corrected chi connectivity index (χ2v) is 7.49. The van der Waals surface area contributed by atoms with Gasteiger partial charge in [-0.25, -0.2) is 4.68 Å². The fraction of sp³-hybridized carbons (Fsp3) is 0.476. The van der Waals surface area contributed by atoms with E-state index < -0.39 is 0 Å². The molecule has 0 spiro atoms. The molecular weight excluding hydrogens is 366 g/mol. The summed E-state index contributed by atoms with van der Waals surface area (Å²) in [5.41, 5.74) is 9.04. The number of guanidine groups is 1. The summed E-state index contributed by atoms with van der Waals surface area (Å²) in [7, 11) is 3.42. The standard InChI is InChI=1S/C21H31N7O/c1-15-8-10-16(11-9-15)28-19(23)17(13-22)18(27-28)7-6-12-25-20(24-4)26-14-21(2,3)29-5/h8-11H,6-7,12,14,23H2,1-5H3,(H2,24,25,26). The van der Waals surface area contributed by atoms with E-state index in [0.29, 0.717) is 42.5 Å². The number of hydrogen-bond acceptors (Lipinski definition) is 5. The van der Waals surface area contributed by atoms with E-state index in [1.54, 1.807) is 18.8 Å². The summed E-state index contributed by atoms with van der Waals surface area (Å²) in [6.45, 7) is 7.36. The van der Waals surface area contributed by atoms with Crippen LogP contribution in [-0.4, -0.2) is 48.6 Å². The van der Waals surface area contributed by atoms with Crippen LogP contribution < -0.4 is 16.4 Å². The van der Waals surface area contributed by atoms with Gasteiger partial charge in [-0.1, -0.05) is 17.7 Å². The third kappa shape index (κ3) is 5.96. The van der Waals surface area contributed by atoms with Gasteiger partial charge >= 0.3 is 0 Å². The average molecular weight is 398 g/mol. The minimum Gasteiger partial charge on any atom is -0.382 e. The Balaban J connectivity index is 1.96. The quantitative estimate of drug-likeness (QED) is 0.357. The maximum absolute atomic E-state index is 9.52. The lowest BCUT2D eigenvalue weighted by molar-refractivity contribution is 0.0268. The molecule has 0 aliphatic carbocycles. The van der Waals surface area contributed by atoms with Gasteiger partial charge in [0.2, 0.25) is 0 Å². The first-order valence-corrected chi connectivity index (χ1v) is 9.65. The number of nitrogen functional groups attached to an aromatic ring is 1. The predicted octanol–water partition coefficient (Wildman–Crippen LogP) is 2.16. The number of nitrogens with zero attached hydrogens (tertiary/aromatic N) is 4. The Labute approximate surface area is 172 Å². The van der Waals surface area contributed by atoms with E-state index in [-0.39, 0.29) is 5.60 Å². The third-order valence-corrected chi connectivity index (χ3v) is 4.72. The number of rotatable bonds is 8. The maximum Gasteiger partial charge on any atom is 0.191 e. The number of ether oxygens (including phenoxy) is 1. The Morgan fingerprint density at radius 1 is 1.31 bits per heavy atom. The molecule has 0 amide bonds. The highest BCUT2D eigenvalue weighted by molar-refractivity contribution is 5.79. The van der Waals surface area contributed by atoms with Crippen LogP contribution in [0.2, 0.25) is 0 Å². The molecule has 0 aliphatic heterocycles. The Hall–Kier alpha value is -3.05. The lowest BCUT2D eigenvalue weighted by Gasteiger charge is -2.24. The topological polar surface area (TPSA) is 113 Å². The molecule has 156 valence electrons. The van der Waals surface area contributed by atoms with Crippen molar-refractivity contribution in [2.45, 2.75) is 39.2 Å². The number of aromatic nitrogens is 2. The summed E-state index contributed by atoms with van der Waals surface area (Å²) in [4.78, 5) is 4.22. The summed E-state index contributed by atoms with van der Waals surface area (Å²) in [6.07, 6.45) is 1.42. The average Bonchev–Trinajstić information content (AvgIpc) is 3.03. The first-order chi connectivity index (χ1) is 13.8. The largest absolute Gasteiger partial charge is 0.382 e. The van der Waals surface area contributed by atoms with Crippen LogP contribution in [0.15, 0.2) is 29.3 Å². The van der Waals surface area contributed by atoms with Crippen molar-refractivity contribution in [1.82, 2.24) is 20.4 Å². The van der Waals surface area contributed by atoms with Crippen molar-refractivity contribution in [1.29, 1.82) is 5.26 Å². The minimum absolute atomic E-state index is 0.278. The molecule has 0 aliphatic rings. The van der Waals surface area contributed by atoms with Crippen LogP contribution in [-0.2, 0) is 11.2 Å². The molecule has 0 unspecified atom stereocenters. The van der Waals surface area contributed by atoms with E-state index in [1.165, 1.54) is 0 Å². The lowest BCUT2D eigenvalue weighted by Crippen LogP contribution is -2.45. The van der Waals surface area contributed by atoms with Crippen LogP contribution in [0.1, 0.15) is 37.1 Å². The van der Waals surface area contributed by atoms with Crippen LogP contribution in [0, 0.1) is 18.3 Å². The lowest BCUT2D eigenvalue weighted by atomic mass is 10.1. The predicted molar refractivity (Wildman–Crippen MR) is 116 cm³/mol. The van der Waals surface area contributed by atoms with Crippen molar-refractivity contribution >= 4 is 11.8 Å². The third-order valence-electron chi connectivity index (χ3n) is 4.72. The van der Waals surface area contributed by atoms with Gasteiger partial charge in [0.15, 0.2) is 5.96 Å². The van der Waals surface area contributed by atoms with Crippen molar-refractivity contribution in [2.24, 2.45) is 4.99 Å². The molecule has 1 aromatic carbocycles. The van der Waals surface area contributed by atoms with E-state index >= 15 is 0 Å². The fourth-order valence-corrected chi connectivity index (χ4v) is 2.71. The van der Waals surface area contributed by atoms with E-state index in [0.717, 1.165) is 17.7 Å². The number of methoxy groups -OCH3 is 1. The van der Waals surface area contributed by atoms with Gasteiger partial charge in [-0.2, -0.15) is 10.4 Å². The zero-order valence-electron chi connectivity index (χ0n) is 17.9. The SMILES string of the molecule is CN=C(NCCCc1nn(-c2ccc(C)cc2)c(N)c1C#N)NCC(C)(C)OC. The number of nitrogens with one attached hydrogen (secondary N) is 2. The molecule has 0 atom stereocenters. The highest BCUT2D eigenvalue weighted by Gasteiger charge is 2.17. The molecule has 4 N–H and O–H groups in total. The van der Waals surface area contributed by atoms with Crippen LogP contribution in [0.3, 0.4) is 0 Å². The van der Waals surface area contributed by atoms with E-state index in [2.05, 4.69) is 26.8 Å². The van der Waals surface area contributed by atoms with Crippen molar-refractivity contribution in [2.75, 3.05) is 33.0 Å². The number of benzene rings is 1. The smallest absolute Gasteiger partial charge is 0.191 e. The second kappa shape index (κ2) is 9.94. The Morgan fingerprint density at radius 3 is 2.59 bits per heavy atom. The Bertz CT molecular complexity index is 876. The highest BCUT2D eigenvalue weighted by Crippen LogP contribution is 2.21. The number of aryl methyl sites for hydroxylation is 2. The molecule has 2 aromatic rings. The van der Waals surface area contributed by atoms with Gasteiger partial charge in [0.25, 0.3) is 0 Å². The molecule has 2 rings (SSSR count). The summed E-state index contributed by atoms with van der Waals surface area (Å²) in [5.74, 6) is 1.08. The van der Waals surface area contributed by atoms with Crippen LogP contribution in [0.25, 0.3) is 5.69 Å². The van der Waals surface area contributed by atoms with Gasteiger partial charge in [0, 0.05) is 27.2 Å². The van der Waals surface area contributed by atoms with Gasteiger partial charge in [-0.05, 0) is 45.7 Å². The molecule has 8 nitrogen and oxygen atoms in total.